The van der Waals surface area contributed by atoms with Gasteiger partial charge in [-0.15, -0.1) is 0 Å². The monoisotopic (exact) mass is 289 g/mol. The summed E-state index contributed by atoms with van der Waals surface area (Å²) >= 11 is 12.1. The van der Waals surface area contributed by atoms with Crippen LogP contribution in [0.15, 0.2) is 18.2 Å². The maximum absolute atomic E-state index is 6.13. The smallest absolute Gasteiger partial charge is 0.139 e. The third-order valence-electron chi connectivity index (χ3n) is 3.15. The van der Waals surface area contributed by atoms with Crippen molar-refractivity contribution >= 4 is 23.2 Å². The lowest BCUT2D eigenvalue weighted by molar-refractivity contribution is 0.0483. The van der Waals surface area contributed by atoms with Crippen molar-refractivity contribution in [3.05, 3.63) is 28.2 Å². The zero-order chi connectivity index (χ0) is 13.0. The summed E-state index contributed by atoms with van der Waals surface area (Å²) < 4.78 is 11.2. The Morgan fingerprint density at radius 3 is 2.94 bits per heavy atom. The van der Waals surface area contributed by atoms with Crippen LogP contribution in [-0.4, -0.2) is 32.9 Å². The zero-order valence-corrected chi connectivity index (χ0v) is 11.8. The predicted molar refractivity (Wildman–Crippen MR) is 73.7 cm³/mol. The van der Waals surface area contributed by atoms with E-state index < -0.39 is 0 Å². The van der Waals surface area contributed by atoms with E-state index in [-0.39, 0.29) is 6.10 Å². The summed E-state index contributed by atoms with van der Waals surface area (Å²) in [5, 5.41) is 4.30. The van der Waals surface area contributed by atoms with Crippen LogP contribution in [0.2, 0.25) is 10.0 Å². The first-order chi connectivity index (χ1) is 8.72. The molecule has 0 aromatic heterocycles. The van der Waals surface area contributed by atoms with Crippen LogP contribution in [0.4, 0.5) is 0 Å². The molecule has 5 heteroatoms. The highest BCUT2D eigenvalue weighted by Gasteiger charge is 2.27. The molecule has 1 unspecified atom stereocenters. The summed E-state index contributed by atoms with van der Waals surface area (Å²) in [5.41, 5.74) is 0. The molecule has 18 heavy (non-hydrogen) atoms. The van der Waals surface area contributed by atoms with Gasteiger partial charge in [0, 0.05) is 19.6 Å². The predicted octanol–water partition coefficient (Wildman–Crippen LogP) is 3.00. The average Bonchev–Trinajstić information content (AvgIpc) is 2.88. The standard InChI is InChI=1S/C13H17Cl2NO2/c1-17-8-12(9-5-6-16-7-9)18-11-4-2-3-10(14)13(11)15/h2-4,9,12,16H,5-8H2,1H3/t9?,12-/m1/s1. The van der Waals surface area contributed by atoms with Crippen LogP contribution < -0.4 is 10.1 Å². The Morgan fingerprint density at radius 1 is 1.44 bits per heavy atom. The minimum absolute atomic E-state index is 0.000895. The number of nitrogens with one attached hydrogen (secondary N) is 1. The molecule has 1 fully saturated rings. The molecule has 1 aromatic rings. The minimum Gasteiger partial charge on any atom is -0.486 e. The number of ether oxygens (including phenoxy) is 2. The molecule has 2 atom stereocenters. The Kier molecular flexibility index (Phi) is 5.13. The molecule has 0 saturated carbocycles. The quantitative estimate of drug-likeness (QED) is 0.904. The fraction of sp³-hybridized carbons (Fsp3) is 0.538. The van der Waals surface area contributed by atoms with Crippen molar-refractivity contribution in [1.29, 1.82) is 0 Å². The zero-order valence-electron chi connectivity index (χ0n) is 10.3. The second-order valence-electron chi connectivity index (χ2n) is 4.42. The normalized spacial score (nSPS) is 20.9. The maximum atomic E-state index is 6.13. The Balaban J connectivity index is 2.10. The molecular formula is C13H17Cl2NO2. The number of benzene rings is 1. The van der Waals surface area contributed by atoms with Crippen LogP contribution in [0.1, 0.15) is 6.42 Å². The topological polar surface area (TPSA) is 30.5 Å². The van der Waals surface area contributed by atoms with Crippen LogP contribution in [0.25, 0.3) is 0 Å². The summed E-state index contributed by atoms with van der Waals surface area (Å²) in [7, 11) is 1.68. The van der Waals surface area contributed by atoms with Crippen molar-refractivity contribution in [3.63, 3.8) is 0 Å². The van der Waals surface area contributed by atoms with Crippen molar-refractivity contribution in [2.75, 3.05) is 26.8 Å². The van der Waals surface area contributed by atoms with Crippen LogP contribution in [0.5, 0.6) is 5.75 Å². The number of rotatable bonds is 5. The van der Waals surface area contributed by atoms with Crippen LogP contribution in [0.3, 0.4) is 0 Å². The van der Waals surface area contributed by atoms with Crippen molar-refractivity contribution in [2.45, 2.75) is 12.5 Å². The Labute approximate surface area is 117 Å². The van der Waals surface area contributed by atoms with Gasteiger partial charge in [-0.2, -0.15) is 0 Å². The highest BCUT2D eigenvalue weighted by molar-refractivity contribution is 6.42. The lowest BCUT2D eigenvalue weighted by Gasteiger charge is -2.24. The molecule has 1 N–H and O–H groups in total. The van der Waals surface area contributed by atoms with E-state index in [0.717, 1.165) is 19.5 Å². The molecule has 100 valence electrons. The summed E-state index contributed by atoms with van der Waals surface area (Å²) in [5.74, 6) is 1.07. The summed E-state index contributed by atoms with van der Waals surface area (Å²) in [6.07, 6.45) is 1.09. The van der Waals surface area contributed by atoms with E-state index in [1.807, 2.05) is 12.1 Å². The minimum atomic E-state index is 0.000895. The van der Waals surface area contributed by atoms with Gasteiger partial charge in [0.2, 0.25) is 0 Å². The molecule has 1 aliphatic rings. The maximum Gasteiger partial charge on any atom is 0.139 e. The third-order valence-corrected chi connectivity index (χ3v) is 3.95. The molecule has 0 aliphatic carbocycles. The Hall–Kier alpha value is -0.480. The van der Waals surface area contributed by atoms with Gasteiger partial charge in [-0.3, -0.25) is 0 Å². The van der Waals surface area contributed by atoms with Gasteiger partial charge in [-0.1, -0.05) is 29.3 Å². The van der Waals surface area contributed by atoms with Crippen LogP contribution in [0, 0.1) is 5.92 Å². The first-order valence-electron chi connectivity index (χ1n) is 6.02. The largest absolute Gasteiger partial charge is 0.486 e. The highest BCUT2D eigenvalue weighted by atomic mass is 35.5. The molecule has 2 rings (SSSR count). The first-order valence-corrected chi connectivity index (χ1v) is 6.78. The van der Waals surface area contributed by atoms with E-state index in [9.17, 15) is 0 Å². The number of halogens is 2. The van der Waals surface area contributed by atoms with E-state index in [1.165, 1.54) is 0 Å². The van der Waals surface area contributed by atoms with Gasteiger partial charge in [0.25, 0.3) is 0 Å². The van der Waals surface area contributed by atoms with E-state index in [0.29, 0.717) is 28.3 Å². The SMILES string of the molecule is COC[C@@H](Oc1cccc(Cl)c1Cl)C1CCNC1. The average molecular weight is 290 g/mol. The van der Waals surface area contributed by atoms with Crippen molar-refractivity contribution < 1.29 is 9.47 Å². The van der Waals surface area contributed by atoms with Crippen molar-refractivity contribution in [1.82, 2.24) is 5.32 Å². The number of methoxy groups -OCH3 is 1. The van der Waals surface area contributed by atoms with Gasteiger partial charge < -0.3 is 14.8 Å². The molecule has 0 spiro atoms. The molecule has 3 nitrogen and oxygen atoms in total. The number of hydrogen-bond acceptors (Lipinski definition) is 3. The molecule has 1 aromatic carbocycles. The van der Waals surface area contributed by atoms with Gasteiger partial charge >= 0.3 is 0 Å². The molecule has 0 radical (unpaired) electrons. The van der Waals surface area contributed by atoms with Gasteiger partial charge in [-0.25, -0.2) is 0 Å². The summed E-state index contributed by atoms with van der Waals surface area (Å²) in [6.45, 7) is 2.53. The van der Waals surface area contributed by atoms with Gasteiger partial charge in [0.15, 0.2) is 0 Å². The van der Waals surface area contributed by atoms with Gasteiger partial charge in [0.05, 0.1) is 11.6 Å². The van der Waals surface area contributed by atoms with E-state index in [4.69, 9.17) is 32.7 Å². The van der Waals surface area contributed by atoms with Crippen molar-refractivity contribution in [3.8, 4) is 5.75 Å². The second kappa shape index (κ2) is 6.62. The second-order valence-corrected chi connectivity index (χ2v) is 5.20. The lowest BCUT2D eigenvalue weighted by atomic mass is 10.0. The van der Waals surface area contributed by atoms with Gasteiger partial charge in [0.1, 0.15) is 16.9 Å². The highest BCUT2D eigenvalue weighted by Crippen LogP contribution is 2.33. The fourth-order valence-corrected chi connectivity index (χ4v) is 2.50. The molecular weight excluding hydrogens is 273 g/mol. The van der Waals surface area contributed by atoms with Crippen LogP contribution in [-0.2, 0) is 4.74 Å². The number of hydrogen-bond donors (Lipinski definition) is 1. The molecule has 1 saturated heterocycles. The summed E-state index contributed by atoms with van der Waals surface area (Å²) in [6, 6.07) is 5.42. The fourth-order valence-electron chi connectivity index (χ4n) is 2.16. The molecule has 0 bridgehead atoms. The third kappa shape index (κ3) is 3.29. The Bertz CT molecular complexity index is 395. The molecule has 1 aliphatic heterocycles. The molecule has 0 amide bonds. The van der Waals surface area contributed by atoms with Crippen LogP contribution >= 0.6 is 23.2 Å². The summed E-state index contributed by atoms with van der Waals surface area (Å²) in [4.78, 5) is 0. The molecule has 1 heterocycles. The van der Waals surface area contributed by atoms with E-state index in [2.05, 4.69) is 5.32 Å². The van der Waals surface area contributed by atoms with E-state index in [1.54, 1.807) is 13.2 Å². The lowest BCUT2D eigenvalue weighted by Crippen LogP contribution is -2.33. The first kappa shape index (κ1) is 13.9. The van der Waals surface area contributed by atoms with Gasteiger partial charge in [-0.05, 0) is 25.1 Å². The Morgan fingerprint density at radius 2 is 2.28 bits per heavy atom. The van der Waals surface area contributed by atoms with Crippen molar-refractivity contribution in [2.24, 2.45) is 5.92 Å². The van der Waals surface area contributed by atoms with E-state index >= 15 is 0 Å².